The first kappa shape index (κ1) is 16.2. The molecule has 0 saturated heterocycles. The van der Waals surface area contributed by atoms with Gasteiger partial charge < -0.3 is 5.32 Å². The van der Waals surface area contributed by atoms with Crippen LogP contribution < -0.4 is 5.32 Å². The van der Waals surface area contributed by atoms with Crippen LogP contribution in [0, 0.1) is 18.3 Å². The molecule has 1 aliphatic rings. The summed E-state index contributed by atoms with van der Waals surface area (Å²) in [4.78, 5) is 9.37. The number of nitriles is 1. The molecule has 0 spiro atoms. The number of nitrogens with one attached hydrogen (secondary N) is 1. The Balaban J connectivity index is 1.96. The average Bonchev–Trinajstić information content (AvgIpc) is 3.12. The van der Waals surface area contributed by atoms with E-state index in [1.54, 1.807) is 0 Å². The highest BCUT2D eigenvalue weighted by molar-refractivity contribution is 5.87. The molecule has 6 heteroatoms. The molecule has 2 heterocycles. The van der Waals surface area contributed by atoms with Crippen molar-refractivity contribution in [1.29, 1.82) is 5.26 Å². The predicted octanol–water partition coefficient (Wildman–Crippen LogP) is 3.05. The van der Waals surface area contributed by atoms with E-state index in [1.807, 2.05) is 23.9 Å². The summed E-state index contributed by atoms with van der Waals surface area (Å²) in [5.74, 6) is 1.53. The SMILES string of the molecule is CCNc1nc(Cc2cnn(C(C)C)c2C)nc2c1C(C#N)=CC2. The smallest absolute Gasteiger partial charge is 0.138 e. The van der Waals surface area contributed by atoms with Crippen LogP contribution in [-0.2, 0) is 12.8 Å². The van der Waals surface area contributed by atoms with Crippen LogP contribution in [0.5, 0.6) is 0 Å². The second-order valence-electron chi connectivity index (χ2n) is 6.24. The van der Waals surface area contributed by atoms with E-state index < -0.39 is 0 Å². The van der Waals surface area contributed by atoms with Gasteiger partial charge in [0.2, 0.25) is 0 Å². The highest BCUT2D eigenvalue weighted by Crippen LogP contribution is 2.31. The quantitative estimate of drug-likeness (QED) is 0.915. The van der Waals surface area contributed by atoms with Crippen molar-refractivity contribution in [2.24, 2.45) is 0 Å². The maximum Gasteiger partial charge on any atom is 0.138 e. The van der Waals surface area contributed by atoms with Crippen LogP contribution in [0.25, 0.3) is 5.57 Å². The standard InChI is InChI=1S/C18H22N6/c1-5-20-18-17-13(9-19)6-7-15(17)22-16(23-18)8-14-10-21-24(11(2)3)12(14)4/h6,10-11H,5,7-8H2,1-4H3,(H,20,22,23). The van der Waals surface area contributed by atoms with Gasteiger partial charge >= 0.3 is 0 Å². The molecule has 1 N–H and O–H groups in total. The molecule has 0 saturated carbocycles. The van der Waals surface area contributed by atoms with Crippen molar-refractivity contribution < 1.29 is 0 Å². The summed E-state index contributed by atoms with van der Waals surface area (Å²) in [5, 5.41) is 17.0. The van der Waals surface area contributed by atoms with E-state index >= 15 is 0 Å². The fourth-order valence-electron chi connectivity index (χ4n) is 3.09. The first-order valence-electron chi connectivity index (χ1n) is 8.32. The van der Waals surface area contributed by atoms with E-state index in [4.69, 9.17) is 4.98 Å². The highest BCUT2D eigenvalue weighted by Gasteiger charge is 2.22. The minimum atomic E-state index is 0.333. The molecule has 6 nitrogen and oxygen atoms in total. The average molecular weight is 322 g/mol. The summed E-state index contributed by atoms with van der Waals surface area (Å²) in [5.41, 5.74) is 4.74. The lowest BCUT2D eigenvalue weighted by Gasteiger charge is -2.12. The van der Waals surface area contributed by atoms with Crippen molar-refractivity contribution in [2.45, 2.75) is 46.6 Å². The molecular formula is C18H22N6. The number of anilines is 1. The van der Waals surface area contributed by atoms with E-state index in [-0.39, 0.29) is 0 Å². The molecule has 0 amide bonds. The Bertz CT molecular complexity index is 838. The molecule has 0 bridgehead atoms. The van der Waals surface area contributed by atoms with Crippen LogP contribution in [0.15, 0.2) is 12.3 Å². The first-order chi connectivity index (χ1) is 11.5. The molecule has 2 aromatic heterocycles. The summed E-state index contributed by atoms with van der Waals surface area (Å²) in [6.45, 7) is 9.10. The van der Waals surface area contributed by atoms with Crippen molar-refractivity contribution >= 4 is 11.4 Å². The molecule has 0 fully saturated rings. The van der Waals surface area contributed by atoms with Gasteiger partial charge in [-0.05, 0) is 27.7 Å². The normalized spacial score (nSPS) is 12.9. The van der Waals surface area contributed by atoms with Gasteiger partial charge in [-0.15, -0.1) is 0 Å². The van der Waals surface area contributed by atoms with Gasteiger partial charge in [-0.2, -0.15) is 10.4 Å². The minimum Gasteiger partial charge on any atom is -0.370 e. The largest absolute Gasteiger partial charge is 0.370 e. The number of rotatable bonds is 5. The summed E-state index contributed by atoms with van der Waals surface area (Å²) in [6, 6.07) is 2.57. The van der Waals surface area contributed by atoms with Gasteiger partial charge in [0.05, 0.1) is 29.1 Å². The lowest BCUT2D eigenvalue weighted by Crippen LogP contribution is -2.10. The van der Waals surface area contributed by atoms with Crippen LogP contribution in [0.1, 0.15) is 55.2 Å². The van der Waals surface area contributed by atoms with Crippen LogP contribution >= 0.6 is 0 Å². The maximum atomic E-state index is 9.29. The molecule has 24 heavy (non-hydrogen) atoms. The highest BCUT2D eigenvalue weighted by atomic mass is 15.3. The third-order valence-electron chi connectivity index (χ3n) is 4.25. The Labute approximate surface area is 142 Å². The maximum absolute atomic E-state index is 9.29. The van der Waals surface area contributed by atoms with Gasteiger partial charge in [0, 0.05) is 36.7 Å². The van der Waals surface area contributed by atoms with E-state index in [9.17, 15) is 5.26 Å². The van der Waals surface area contributed by atoms with Gasteiger partial charge in [0.15, 0.2) is 0 Å². The lowest BCUT2D eigenvalue weighted by molar-refractivity contribution is 0.518. The molecule has 0 aromatic carbocycles. The zero-order valence-electron chi connectivity index (χ0n) is 14.6. The van der Waals surface area contributed by atoms with Crippen molar-refractivity contribution in [1.82, 2.24) is 19.7 Å². The third-order valence-corrected chi connectivity index (χ3v) is 4.25. The fraction of sp³-hybridized carbons (Fsp3) is 0.444. The molecule has 0 unspecified atom stereocenters. The zero-order valence-corrected chi connectivity index (χ0v) is 14.6. The molecular weight excluding hydrogens is 300 g/mol. The van der Waals surface area contributed by atoms with Crippen LogP contribution in [0.4, 0.5) is 5.82 Å². The number of nitrogens with zero attached hydrogens (tertiary/aromatic N) is 5. The second kappa shape index (κ2) is 6.44. The Morgan fingerprint density at radius 1 is 1.38 bits per heavy atom. The van der Waals surface area contributed by atoms with Crippen molar-refractivity contribution in [3.63, 3.8) is 0 Å². The molecule has 2 aromatic rings. The lowest BCUT2D eigenvalue weighted by atomic mass is 10.1. The molecule has 1 aliphatic carbocycles. The second-order valence-corrected chi connectivity index (χ2v) is 6.24. The molecule has 124 valence electrons. The fourth-order valence-corrected chi connectivity index (χ4v) is 3.09. The topological polar surface area (TPSA) is 79.4 Å². The molecule has 0 atom stereocenters. The molecule has 0 aliphatic heterocycles. The van der Waals surface area contributed by atoms with E-state index in [2.05, 4.69) is 42.2 Å². The minimum absolute atomic E-state index is 0.333. The van der Waals surface area contributed by atoms with Crippen molar-refractivity contribution in [2.75, 3.05) is 11.9 Å². The summed E-state index contributed by atoms with van der Waals surface area (Å²) in [6.07, 6.45) is 5.16. The van der Waals surface area contributed by atoms with Gasteiger partial charge in [0.1, 0.15) is 11.6 Å². The number of allylic oxidation sites excluding steroid dienone is 2. The number of hydrogen-bond acceptors (Lipinski definition) is 5. The van der Waals surface area contributed by atoms with Crippen LogP contribution in [0.2, 0.25) is 0 Å². The van der Waals surface area contributed by atoms with E-state index in [0.29, 0.717) is 24.5 Å². The Morgan fingerprint density at radius 3 is 2.79 bits per heavy atom. The van der Waals surface area contributed by atoms with Gasteiger partial charge in [0.25, 0.3) is 0 Å². The number of aromatic nitrogens is 4. The van der Waals surface area contributed by atoms with Crippen molar-refractivity contribution in [3.8, 4) is 6.07 Å². The van der Waals surface area contributed by atoms with Crippen LogP contribution in [0.3, 0.4) is 0 Å². The van der Waals surface area contributed by atoms with Crippen LogP contribution in [-0.4, -0.2) is 26.3 Å². The monoisotopic (exact) mass is 322 g/mol. The van der Waals surface area contributed by atoms with E-state index in [1.165, 1.54) is 0 Å². The Morgan fingerprint density at radius 2 is 2.17 bits per heavy atom. The van der Waals surface area contributed by atoms with Crippen molar-refractivity contribution in [3.05, 3.63) is 40.6 Å². The number of hydrogen-bond donors (Lipinski definition) is 1. The molecule has 3 rings (SSSR count). The number of fused-ring (bicyclic) bond motifs is 1. The Hall–Kier alpha value is -2.68. The summed E-state index contributed by atoms with van der Waals surface area (Å²) >= 11 is 0. The first-order valence-corrected chi connectivity index (χ1v) is 8.32. The molecule has 0 radical (unpaired) electrons. The Kier molecular flexibility index (Phi) is 4.34. The predicted molar refractivity (Wildman–Crippen MR) is 93.6 cm³/mol. The third kappa shape index (κ3) is 2.78. The van der Waals surface area contributed by atoms with E-state index in [0.717, 1.165) is 40.7 Å². The summed E-state index contributed by atoms with van der Waals surface area (Å²) < 4.78 is 2.02. The van der Waals surface area contributed by atoms with Gasteiger partial charge in [-0.3, -0.25) is 4.68 Å². The van der Waals surface area contributed by atoms with Gasteiger partial charge in [-0.1, -0.05) is 6.08 Å². The summed E-state index contributed by atoms with van der Waals surface area (Å²) in [7, 11) is 0. The van der Waals surface area contributed by atoms with Gasteiger partial charge in [-0.25, -0.2) is 9.97 Å². The zero-order chi connectivity index (χ0) is 17.3.